The lowest BCUT2D eigenvalue weighted by molar-refractivity contribution is 0.454. The van der Waals surface area contributed by atoms with Crippen molar-refractivity contribution in [3.8, 4) is 11.6 Å². The summed E-state index contributed by atoms with van der Waals surface area (Å²) in [6, 6.07) is 6.28. The largest absolute Gasteiger partial charge is 0.438 e. The van der Waals surface area contributed by atoms with Gasteiger partial charge in [-0.1, -0.05) is 17.7 Å². The standard InChI is InChI=1S/C13H11BrClFN2O/c1-17-6-8-2-3-13(18-7-8)19-12-5-11(16)10(15)4-9(12)14/h2-5,7,17H,6H2,1H3. The van der Waals surface area contributed by atoms with Crippen molar-refractivity contribution in [3.63, 3.8) is 0 Å². The maximum atomic E-state index is 13.4. The molecule has 6 heteroatoms. The molecule has 0 unspecified atom stereocenters. The Kier molecular flexibility index (Phi) is 4.74. The molecule has 0 aliphatic carbocycles. The fraction of sp³-hybridized carbons (Fsp3) is 0.154. The maximum absolute atomic E-state index is 13.4. The van der Waals surface area contributed by atoms with Crippen LogP contribution in [0.5, 0.6) is 11.6 Å². The normalized spacial score (nSPS) is 10.5. The summed E-state index contributed by atoms with van der Waals surface area (Å²) in [5.41, 5.74) is 1.04. The van der Waals surface area contributed by atoms with E-state index < -0.39 is 5.82 Å². The van der Waals surface area contributed by atoms with Crippen LogP contribution in [0.1, 0.15) is 5.56 Å². The predicted octanol–water partition coefficient (Wildman–Crippen LogP) is 4.15. The average molecular weight is 346 g/mol. The number of nitrogens with zero attached hydrogens (tertiary/aromatic N) is 1. The molecule has 2 aromatic rings. The minimum atomic E-state index is -0.535. The van der Waals surface area contributed by atoms with Gasteiger partial charge in [0, 0.05) is 24.9 Å². The smallest absolute Gasteiger partial charge is 0.219 e. The maximum Gasteiger partial charge on any atom is 0.219 e. The van der Waals surface area contributed by atoms with Crippen molar-refractivity contribution in [3.05, 3.63) is 51.3 Å². The molecule has 0 saturated heterocycles. The highest BCUT2D eigenvalue weighted by atomic mass is 79.9. The monoisotopic (exact) mass is 344 g/mol. The van der Waals surface area contributed by atoms with Gasteiger partial charge in [-0.05, 0) is 34.6 Å². The molecule has 0 radical (unpaired) electrons. The molecular formula is C13H11BrClFN2O. The number of rotatable bonds is 4. The van der Waals surface area contributed by atoms with Gasteiger partial charge in [-0.2, -0.15) is 0 Å². The van der Waals surface area contributed by atoms with Crippen molar-refractivity contribution in [1.29, 1.82) is 0 Å². The summed E-state index contributed by atoms with van der Waals surface area (Å²) in [6.45, 7) is 0.729. The van der Waals surface area contributed by atoms with Crippen LogP contribution in [-0.4, -0.2) is 12.0 Å². The number of nitrogens with one attached hydrogen (secondary N) is 1. The van der Waals surface area contributed by atoms with Gasteiger partial charge in [0.2, 0.25) is 5.88 Å². The molecular weight excluding hydrogens is 335 g/mol. The van der Waals surface area contributed by atoms with E-state index in [4.69, 9.17) is 16.3 Å². The van der Waals surface area contributed by atoms with Gasteiger partial charge in [0.25, 0.3) is 0 Å². The Bertz CT molecular complexity index is 578. The fourth-order valence-corrected chi connectivity index (χ4v) is 2.19. The van der Waals surface area contributed by atoms with Crippen molar-refractivity contribution < 1.29 is 9.13 Å². The number of benzene rings is 1. The van der Waals surface area contributed by atoms with E-state index in [2.05, 4.69) is 26.2 Å². The Labute approximate surface area is 123 Å². The van der Waals surface area contributed by atoms with E-state index in [0.717, 1.165) is 12.1 Å². The summed E-state index contributed by atoms with van der Waals surface area (Å²) < 4.78 is 19.4. The van der Waals surface area contributed by atoms with E-state index in [-0.39, 0.29) is 5.02 Å². The second-order valence-corrected chi connectivity index (χ2v) is 5.10. The number of halogens is 3. The van der Waals surface area contributed by atoms with Crippen LogP contribution in [0, 0.1) is 5.82 Å². The summed E-state index contributed by atoms with van der Waals surface area (Å²) in [6.07, 6.45) is 1.70. The molecule has 1 N–H and O–H groups in total. The molecule has 2 rings (SSSR count). The van der Waals surface area contributed by atoms with E-state index in [9.17, 15) is 4.39 Å². The van der Waals surface area contributed by atoms with Gasteiger partial charge in [-0.15, -0.1) is 0 Å². The number of hydrogen-bond acceptors (Lipinski definition) is 3. The van der Waals surface area contributed by atoms with Crippen LogP contribution in [0.3, 0.4) is 0 Å². The molecule has 1 aromatic carbocycles. The van der Waals surface area contributed by atoms with Gasteiger partial charge in [0.05, 0.1) is 9.50 Å². The minimum absolute atomic E-state index is 0.0385. The van der Waals surface area contributed by atoms with Crippen molar-refractivity contribution in [2.24, 2.45) is 0 Å². The van der Waals surface area contributed by atoms with Gasteiger partial charge < -0.3 is 10.1 Å². The molecule has 100 valence electrons. The Balaban J connectivity index is 2.19. The van der Waals surface area contributed by atoms with E-state index in [1.54, 1.807) is 12.3 Å². The molecule has 0 fully saturated rings. The third-order valence-electron chi connectivity index (χ3n) is 2.37. The van der Waals surface area contributed by atoms with Gasteiger partial charge in [0.15, 0.2) is 0 Å². The first kappa shape index (κ1) is 14.2. The van der Waals surface area contributed by atoms with E-state index in [1.807, 2.05) is 13.1 Å². The molecule has 19 heavy (non-hydrogen) atoms. The van der Waals surface area contributed by atoms with Crippen LogP contribution in [0.4, 0.5) is 4.39 Å². The second kappa shape index (κ2) is 6.32. The summed E-state index contributed by atoms with van der Waals surface area (Å²) >= 11 is 8.93. The molecule has 0 amide bonds. The number of pyridine rings is 1. The lowest BCUT2D eigenvalue weighted by Gasteiger charge is -2.08. The molecule has 0 saturated carbocycles. The number of aromatic nitrogens is 1. The average Bonchev–Trinajstić information content (AvgIpc) is 2.38. The van der Waals surface area contributed by atoms with Crippen molar-refractivity contribution >= 4 is 27.5 Å². The van der Waals surface area contributed by atoms with Crippen molar-refractivity contribution in [1.82, 2.24) is 10.3 Å². The third kappa shape index (κ3) is 3.65. The van der Waals surface area contributed by atoms with Gasteiger partial charge >= 0.3 is 0 Å². The highest BCUT2D eigenvalue weighted by Crippen LogP contribution is 2.33. The molecule has 1 heterocycles. The molecule has 0 atom stereocenters. The van der Waals surface area contributed by atoms with E-state index in [0.29, 0.717) is 16.1 Å². The van der Waals surface area contributed by atoms with E-state index >= 15 is 0 Å². The van der Waals surface area contributed by atoms with Crippen molar-refractivity contribution in [2.45, 2.75) is 6.54 Å². The van der Waals surface area contributed by atoms with Crippen LogP contribution >= 0.6 is 27.5 Å². The second-order valence-electron chi connectivity index (χ2n) is 3.83. The predicted molar refractivity (Wildman–Crippen MR) is 76.2 cm³/mol. The van der Waals surface area contributed by atoms with Crippen LogP contribution in [0.25, 0.3) is 0 Å². The lowest BCUT2D eigenvalue weighted by Crippen LogP contribution is -2.05. The highest BCUT2D eigenvalue weighted by Gasteiger charge is 2.09. The summed E-state index contributed by atoms with van der Waals surface area (Å²) in [5.74, 6) is 0.185. The zero-order valence-corrected chi connectivity index (χ0v) is 12.4. The summed E-state index contributed by atoms with van der Waals surface area (Å²) in [7, 11) is 1.86. The fourth-order valence-electron chi connectivity index (χ4n) is 1.48. The summed E-state index contributed by atoms with van der Waals surface area (Å²) in [5, 5.41) is 3.06. The van der Waals surface area contributed by atoms with Crippen LogP contribution in [-0.2, 0) is 6.54 Å². The first-order chi connectivity index (χ1) is 9.10. The first-order valence-corrected chi connectivity index (χ1v) is 6.69. The Hall–Kier alpha value is -1.17. The third-order valence-corrected chi connectivity index (χ3v) is 3.28. The topological polar surface area (TPSA) is 34.1 Å². The van der Waals surface area contributed by atoms with Crippen molar-refractivity contribution in [2.75, 3.05) is 7.05 Å². The zero-order valence-electron chi connectivity index (χ0n) is 10.1. The van der Waals surface area contributed by atoms with Crippen LogP contribution in [0.15, 0.2) is 34.9 Å². The molecule has 0 aliphatic heterocycles. The SMILES string of the molecule is CNCc1ccc(Oc2cc(F)c(Cl)cc2Br)nc1. The Morgan fingerprint density at radius 1 is 1.42 bits per heavy atom. The van der Waals surface area contributed by atoms with E-state index in [1.165, 1.54) is 12.1 Å². The number of hydrogen-bond donors (Lipinski definition) is 1. The molecule has 0 spiro atoms. The molecule has 0 bridgehead atoms. The van der Waals surface area contributed by atoms with Crippen LogP contribution in [0.2, 0.25) is 5.02 Å². The molecule has 0 aliphatic rings. The Morgan fingerprint density at radius 2 is 2.21 bits per heavy atom. The number of ether oxygens (including phenoxy) is 1. The van der Waals surface area contributed by atoms with Gasteiger partial charge in [-0.3, -0.25) is 0 Å². The zero-order chi connectivity index (χ0) is 13.8. The quantitative estimate of drug-likeness (QED) is 0.845. The Morgan fingerprint density at radius 3 is 2.84 bits per heavy atom. The lowest BCUT2D eigenvalue weighted by atomic mass is 10.3. The molecule has 3 nitrogen and oxygen atoms in total. The minimum Gasteiger partial charge on any atom is -0.438 e. The first-order valence-electron chi connectivity index (χ1n) is 5.52. The highest BCUT2D eigenvalue weighted by molar-refractivity contribution is 9.10. The van der Waals surface area contributed by atoms with Gasteiger partial charge in [0.1, 0.15) is 11.6 Å². The van der Waals surface area contributed by atoms with Crippen LogP contribution < -0.4 is 10.1 Å². The summed E-state index contributed by atoms with van der Waals surface area (Å²) in [4.78, 5) is 4.15. The molecule has 1 aromatic heterocycles. The van der Waals surface area contributed by atoms with Gasteiger partial charge in [-0.25, -0.2) is 9.37 Å².